The molecule has 2 rings (SSSR count). The van der Waals surface area contributed by atoms with Gasteiger partial charge in [0.25, 0.3) is 5.91 Å². The average Bonchev–Trinajstić information content (AvgIpc) is 2.75. The maximum Gasteiger partial charge on any atom is 0.253 e. The molecule has 110 valence electrons. The molecule has 0 atom stereocenters. The van der Waals surface area contributed by atoms with Gasteiger partial charge in [-0.25, -0.2) is 13.1 Å². The van der Waals surface area contributed by atoms with Crippen molar-refractivity contribution in [2.75, 3.05) is 20.1 Å². The summed E-state index contributed by atoms with van der Waals surface area (Å²) in [5, 5.41) is 0. The van der Waals surface area contributed by atoms with Gasteiger partial charge in [-0.2, -0.15) is 0 Å². The van der Waals surface area contributed by atoms with Gasteiger partial charge in [0.1, 0.15) is 0 Å². The van der Waals surface area contributed by atoms with Crippen molar-refractivity contribution in [3.05, 3.63) is 29.8 Å². The van der Waals surface area contributed by atoms with E-state index in [0.717, 1.165) is 25.9 Å². The number of nitrogens with zero attached hydrogens (tertiary/aromatic N) is 1. The van der Waals surface area contributed by atoms with Crippen molar-refractivity contribution in [1.82, 2.24) is 9.62 Å². The molecule has 0 radical (unpaired) electrons. The van der Waals surface area contributed by atoms with E-state index in [1.54, 1.807) is 12.1 Å². The molecular formula is C14H20N2O3S. The minimum atomic E-state index is -3.45. The minimum absolute atomic E-state index is 0.0136. The molecule has 1 aromatic carbocycles. The van der Waals surface area contributed by atoms with Gasteiger partial charge in [-0.3, -0.25) is 4.79 Å². The zero-order valence-corrected chi connectivity index (χ0v) is 12.4. The predicted molar refractivity (Wildman–Crippen MR) is 77.1 cm³/mol. The van der Waals surface area contributed by atoms with Gasteiger partial charge >= 0.3 is 0 Å². The molecule has 20 heavy (non-hydrogen) atoms. The van der Waals surface area contributed by atoms with Crippen LogP contribution in [0.2, 0.25) is 0 Å². The molecule has 1 aromatic rings. The van der Waals surface area contributed by atoms with Crippen molar-refractivity contribution in [1.29, 1.82) is 0 Å². The largest absolute Gasteiger partial charge is 0.339 e. The van der Waals surface area contributed by atoms with Crippen molar-refractivity contribution in [3.8, 4) is 0 Å². The van der Waals surface area contributed by atoms with Crippen molar-refractivity contribution >= 4 is 15.9 Å². The monoisotopic (exact) mass is 296 g/mol. The van der Waals surface area contributed by atoms with Crippen molar-refractivity contribution in [2.45, 2.75) is 30.6 Å². The number of hydrogen-bond donors (Lipinski definition) is 1. The summed E-state index contributed by atoms with van der Waals surface area (Å²) >= 11 is 0. The van der Waals surface area contributed by atoms with Gasteiger partial charge in [0, 0.05) is 18.7 Å². The lowest BCUT2D eigenvalue weighted by Gasteiger charge is -2.20. The highest BCUT2D eigenvalue weighted by Gasteiger charge is 2.18. The quantitative estimate of drug-likeness (QED) is 0.921. The fraction of sp³-hybridized carbons (Fsp3) is 0.500. The Morgan fingerprint density at radius 1 is 1.05 bits per heavy atom. The van der Waals surface area contributed by atoms with Crippen molar-refractivity contribution < 1.29 is 13.2 Å². The molecule has 0 bridgehead atoms. The van der Waals surface area contributed by atoms with Crippen LogP contribution in [0.1, 0.15) is 36.0 Å². The molecular weight excluding hydrogens is 276 g/mol. The Balaban J connectivity index is 2.15. The van der Waals surface area contributed by atoms with Crippen LogP contribution < -0.4 is 4.72 Å². The number of hydrogen-bond acceptors (Lipinski definition) is 3. The van der Waals surface area contributed by atoms with Crippen molar-refractivity contribution in [2.24, 2.45) is 0 Å². The summed E-state index contributed by atoms with van der Waals surface area (Å²) in [6.45, 7) is 1.57. The molecule has 1 heterocycles. The number of nitrogens with one attached hydrogen (secondary N) is 1. The van der Waals surface area contributed by atoms with Crippen LogP contribution >= 0.6 is 0 Å². The van der Waals surface area contributed by atoms with Crippen LogP contribution in [0.5, 0.6) is 0 Å². The Morgan fingerprint density at radius 3 is 2.10 bits per heavy atom. The fourth-order valence-corrected chi connectivity index (χ4v) is 3.08. The Labute approximate surface area is 120 Å². The fourth-order valence-electron chi connectivity index (χ4n) is 2.35. The molecule has 0 spiro atoms. The van der Waals surface area contributed by atoms with Crippen LogP contribution in [0, 0.1) is 0 Å². The van der Waals surface area contributed by atoms with E-state index in [1.165, 1.54) is 32.0 Å². The first-order valence-electron chi connectivity index (χ1n) is 6.87. The van der Waals surface area contributed by atoms with Crippen molar-refractivity contribution in [3.63, 3.8) is 0 Å². The molecule has 0 aliphatic carbocycles. The highest BCUT2D eigenvalue weighted by molar-refractivity contribution is 7.89. The number of sulfonamides is 1. The predicted octanol–water partition coefficient (Wildman–Crippen LogP) is 1.61. The molecule has 1 amide bonds. The smallest absolute Gasteiger partial charge is 0.253 e. The van der Waals surface area contributed by atoms with Crippen LogP contribution in [-0.4, -0.2) is 39.4 Å². The van der Waals surface area contributed by atoms with E-state index in [2.05, 4.69) is 4.72 Å². The zero-order valence-electron chi connectivity index (χ0n) is 11.6. The summed E-state index contributed by atoms with van der Waals surface area (Å²) in [5.41, 5.74) is 0.543. The van der Waals surface area contributed by atoms with Gasteiger partial charge in [0.05, 0.1) is 4.90 Å². The van der Waals surface area contributed by atoms with Gasteiger partial charge in [-0.05, 0) is 44.2 Å². The standard InChI is InChI=1S/C14H20N2O3S/c1-15-20(18,19)13-8-6-12(7-9-13)14(17)16-10-4-2-3-5-11-16/h6-9,15H,2-5,10-11H2,1H3. The van der Waals surface area contributed by atoms with Gasteiger partial charge in [0.15, 0.2) is 0 Å². The molecule has 0 aromatic heterocycles. The Hall–Kier alpha value is -1.40. The summed E-state index contributed by atoms with van der Waals surface area (Å²) in [6, 6.07) is 6.10. The first-order valence-corrected chi connectivity index (χ1v) is 8.36. The number of benzene rings is 1. The second kappa shape index (κ2) is 6.37. The minimum Gasteiger partial charge on any atom is -0.339 e. The third-order valence-corrected chi connectivity index (χ3v) is 5.00. The summed E-state index contributed by atoms with van der Waals surface area (Å²) in [5.74, 6) is -0.0136. The third kappa shape index (κ3) is 3.37. The molecule has 0 saturated carbocycles. The Kier molecular flexibility index (Phi) is 4.77. The van der Waals surface area contributed by atoms with Gasteiger partial charge in [-0.15, -0.1) is 0 Å². The molecule has 1 fully saturated rings. The van der Waals surface area contributed by atoms with Gasteiger partial charge < -0.3 is 4.90 Å². The lowest BCUT2D eigenvalue weighted by molar-refractivity contribution is 0.0761. The number of carbonyl (C=O) groups excluding carboxylic acids is 1. The maximum absolute atomic E-state index is 12.3. The van der Waals surface area contributed by atoms with Crippen LogP contribution in [0.4, 0.5) is 0 Å². The molecule has 1 N–H and O–H groups in total. The first kappa shape index (κ1) is 15.0. The molecule has 6 heteroatoms. The molecule has 1 aliphatic rings. The summed E-state index contributed by atoms with van der Waals surface area (Å²) < 4.78 is 25.5. The van der Waals surface area contributed by atoms with E-state index >= 15 is 0 Å². The molecule has 5 nitrogen and oxygen atoms in total. The van der Waals surface area contributed by atoms with E-state index < -0.39 is 10.0 Å². The van der Waals surface area contributed by atoms with Crippen LogP contribution in [0.25, 0.3) is 0 Å². The van der Waals surface area contributed by atoms with Gasteiger partial charge in [-0.1, -0.05) is 12.8 Å². The highest BCUT2D eigenvalue weighted by Crippen LogP contribution is 2.15. The highest BCUT2D eigenvalue weighted by atomic mass is 32.2. The Bertz CT molecular complexity index is 559. The number of likely N-dealkylation sites (tertiary alicyclic amines) is 1. The maximum atomic E-state index is 12.3. The normalized spacial score (nSPS) is 16.8. The third-order valence-electron chi connectivity index (χ3n) is 3.57. The lowest BCUT2D eigenvalue weighted by Crippen LogP contribution is -2.31. The van der Waals surface area contributed by atoms with Crippen LogP contribution in [0.3, 0.4) is 0 Å². The second-order valence-corrected chi connectivity index (χ2v) is 6.82. The van der Waals surface area contributed by atoms with E-state index in [1.807, 2.05) is 4.90 Å². The van der Waals surface area contributed by atoms with E-state index in [9.17, 15) is 13.2 Å². The molecule has 1 saturated heterocycles. The number of amides is 1. The van der Waals surface area contributed by atoms with E-state index in [0.29, 0.717) is 5.56 Å². The lowest BCUT2D eigenvalue weighted by atomic mass is 10.2. The average molecular weight is 296 g/mol. The Morgan fingerprint density at radius 2 is 1.60 bits per heavy atom. The van der Waals surface area contributed by atoms with Crippen LogP contribution in [0.15, 0.2) is 29.2 Å². The van der Waals surface area contributed by atoms with Gasteiger partial charge in [0.2, 0.25) is 10.0 Å². The SMILES string of the molecule is CNS(=O)(=O)c1ccc(C(=O)N2CCCCCC2)cc1. The van der Waals surface area contributed by atoms with E-state index in [4.69, 9.17) is 0 Å². The summed E-state index contributed by atoms with van der Waals surface area (Å²) in [4.78, 5) is 14.4. The topological polar surface area (TPSA) is 66.5 Å². The number of carbonyl (C=O) groups is 1. The summed E-state index contributed by atoms with van der Waals surface area (Å²) in [6.07, 6.45) is 4.42. The first-order chi connectivity index (χ1) is 9.54. The second-order valence-electron chi connectivity index (χ2n) is 4.94. The molecule has 1 aliphatic heterocycles. The van der Waals surface area contributed by atoms with Crippen LogP contribution in [-0.2, 0) is 10.0 Å². The van der Waals surface area contributed by atoms with E-state index in [-0.39, 0.29) is 10.8 Å². The molecule has 0 unspecified atom stereocenters. The number of rotatable bonds is 3. The summed E-state index contributed by atoms with van der Waals surface area (Å²) in [7, 11) is -2.08. The zero-order chi connectivity index (χ0) is 14.6.